The van der Waals surface area contributed by atoms with Crippen molar-refractivity contribution in [1.82, 2.24) is 9.71 Å². The van der Waals surface area contributed by atoms with E-state index in [-0.39, 0.29) is 17.0 Å². The lowest BCUT2D eigenvalue weighted by atomic mass is 10.1. The Morgan fingerprint density at radius 3 is 2.70 bits per heavy atom. The van der Waals surface area contributed by atoms with Crippen LogP contribution in [0, 0.1) is 6.92 Å². The fraction of sp³-hybridized carbons (Fsp3) is 0.200. The van der Waals surface area contributed by atoms with Gasteiger partial charge in [0.1, 0.15) is 0 Å². The van der Waals surface area contributed by atoms with Gasteiger partial charge in [-0.05, 0) is 36.8 Å². The second-order valence-corrected chi connectivity index (χ2v) is 6.55. The molecule has 8 heteroatoms. The van der Waals surface area contributed by atoms with Gasteiger partial charge in [-0.3, -0.25) is 0 Å². The second kappa shape index (κ2) is 6.76. The molecule has 1 heterocycles. The number of pyridine rings is 1. The van der Waals surface area contributed by atoms with Gasteiger partial charge in [0.15, 0.2) is 0 Å². The summed E-state index contributed by atoms with van der Waals surface area (Å²) < 4.78 is 32.2. The van der Waals surface area contributed by atoms with Crippen LogP contribution in [0.1, 0.15) is 21.5 Å². The van der Waals surface area contributed by atoms with Crippen molar-refractivity contribution in [2.45, 2.75) is 18.4 Å². The maximum atomic E-state index is 12.3. The number of carboxylic acids is 1. The fourth-order valence-electron chi connectivity index (χ4n) is 2.04. The third-order valence-corrected chi connectivity index (χ3v) is 4.63. The third kappa shape index (κ3) is 3.85. The average Bonchev–Trinajstić information content (AvgIpc) is 2.52. The molecule has 0 aliphatic heterocycles. The van der Waals surface area contributed by atoms with Gasteiger partial charge >= 0.3 is 5.97 Å². The summed E-state index contributed by atoms with van der Waals surface area (Å²) in [4.78, 5) is 15.0. The molecule has 0 radical (unpaired) electrons. The zero-order valence-corrected chi connectivity index (χ0v) is 13.4. The van der Waals surface area contributed by atoms with Gasteiger partial charge < -0.3 is 9.84 Å². The van der Waals surface area contributed by atoms with E-state index >= 15 is 0 Å². The molecule has 0 aliphatic carbocycles. The van der Waals surface area contributed by atoms with Crippen molar-refractivity contribution >= 4 is 16.0 Å². The largest absolute Gasteiger partial charge is 0.481 e. The number of aromatic nitrogens is 1. The second-order valence-electron chi connectivity index (χ2n) is 4.78. The molecule has 0 aliphatic rings. The summed E-state index contributed by atoms with van der Waals surface area (Å²) in [6.07, 6.45) is 1.55. The van der Waals surface area contributed by atoms with Crippen molar-refractivity contribution in [1.29, 1.82) is 0 Å². The first-order chi connectivity index (χ1) is 10.8. The molecule has 1 aromatic heterocycles. The highest BCUT2D eigenvalue weighted by molar-refractivity contribution is 7.89. The Balaban J connectivity index is 2.22. The van der Waals surface area contributed by atoms with Crippen molar-refractivity contribution in [2.24, 2.45) is 0 Å². The molecular weight excluding hydrogens is 320 g/mol. The summed E-state index contributed by atoms with van der Waals surface area (Å²) in [6.45, 7) is 1.56. The standard InChI is InChI=1S/C15H16N2O5S/c1-10-8-12(5-6-13(10)15(18)19)23(20,21)17-9-11-4-3-7-16-14(11)22-2/h3-8,17H,9H2,1-2H3,(H,18,19). The zero-order valence-electron chi connectivity index (χ0n) is 12.6. The number of carbonyl (C=O) groups is 1. The number of hydrogen-bond acceptors (Lipinski definition) is 5. The lowest BCUT2D eigenvalue weighted by molar-refractivity contribution is 0.0696. The predicted octanol–water partition coefficient (Wildman–Crippen LogP) is 1.58. The van der Waals surface area contributed by atoms with Crippen molar-refractivity contribution in [3.05, 3.63) is 53.2 Å². The van der Waals surface area contributed by atoms with Gasteiger partial charge in [0, 0.05) is 18.3 Å². The number of aryl methyl sites for hydroxylation is 1. The number of nitrogens with zero attached hydrogens (tertiary/aromatic N) is 1. The minimum absolute atomic E-state index is 0.00265. The van der Waals surface area contributed by atoms with E-state index in [9.17, 15) is 13.2 Å². The quantitative estimate of drug-likeness (QED) is 0.829. The van der Waals surface area contributed by atoms with Gasteiger partial charge in [0.2, 0.25) is 15.9 Å². The van der Waals surface area contributed by atoms with Crippen LogP contribution >= 0.6 is 0 Å². The maximum absolute atomic E-state index is 12.3. The molecule has 0 saturated carbocycles. The van der Waals surface area contributed by atoms with Gasteiger partial charge in [0.25, 0.3) is 0 Å². The summed E-state index contributed by atoms with van der Waals surface area (Å²) in [5, 5.41) is 8.98. The first-order valence-corrected chi connectivity index (χ1v) is 8.15. The Morgan fingerprint density at radius 1 is 1.35 bits per heavy atom. The van der Waals surface area contributed by atoms with Gasteiger partial charge in [0.05, 0.1) is 17.6 Å². The molecule has 0 unspecified atom stereocenters. The van der Waals surface area contributed by atoms with Gasteiger partial charge in [-0.15, -0.1) is 0 Å². The zero-order chi connectivity index (χ0) is 17.0. The number of aromatic carboxylic acids is 1. The summed E-state index contributed by atoms with van der Waals surface area (Å²) in [5.41, 5.74) is 1.04. The molecule has 2 N–H and O–H groups in total. The summed E-state index contributed by atoms with van der Waals surface area (Å²) in [5.74, 6) is -0.757. The van der Waals surface area contributed by atoms with Crippen LogP contribution in [0.4, 0.5) is 0 Å². The van der Waals surface area contributed by atoms with Crippen LogP contribution in [0.5, 0.6) is 5.88 Å². The molecule has 2 aromatic rings. The molecule has 2 rings (SSSR count). The van der Waals surface area contributed by atoms with E-state index in [1.54, 1.807) is 25.3 Å². The number of sulfonamides is 1. The predicted molar refractivity (Wildman–Crippen MR) is 83.0 cm³/mol. The van der Waals surface area contributed by atoms with E-state index in [1.165, 1.54) is 25.3 Å². The Morgan fingerprint density at radius 2 is 2.09 bits per heavy atom. The van der Waals surface area contributed by atoms with Crippen molar-refractivity contribution in [3.63, 3.8) is 0 Å². The first-order valence-electron chi connectivity index (χ1n) is 6.66. The van der Waals surface area contributed by atoms with Crippen LogP contribution in [0.25, 0.3) is 0 Å². The lowest BCUT2D eigenvalue weighted by Crippen LogP contribution is -2.24. The molecule has 1 aromatic carbocycles. The molecule has 0 amide bonds. The summed E-state index contributed by atoms with van der Waals surface area (Å²) in [7, 11) is -2.32. The highest BCUT2D eigenvalue weighted by Gasteiger charge is 2.17. The van der Waals surface area contributed by atoms with E-state index in [1.807, 2.05) is 0 Å². The van der Waals surface area contributed by atoms with E-state index in [0.29, 0.717) is 17.0 Å². The maximum Gasteiger partial charge on any atom is 0.335 e. The fourth-order valence-corrected chi connectivity index (χ4v) is 3.13. The number of methoxy groups -OCH3 is 1. The number of benzene rings is 1. The molecular formula is C15H16N2O5S. The molecule has 7 nitrogen and oxygen atoms in total. The third-order valence-electron chi connectivity index (χ3n) is 3.23. The molecule has 0 spiro atoms. The first kappa shape index (κ1) is 16.9. The van der Waals surface area contributed by atoms with Gasteiger partial charge in [-0.1, -0.05) is 6.07 Å². The molecule has 0 saturated heterocycles. The molecule has 0 atom stereocenters. The van der Waals surface area contributed by atoms with Crippen molar-refractivity contribution in [2.75, 3.05) is 7.11 Å². The van der Waals surface area contributed by atoms with E-state index in [2.05, 4.69) is 9.71 Å². The summed E-state index contributed by atoms with van der Waals surface area (Å²) >= 11 is 0. The Hall–Kier alpha value is -2.45. The SMILES string of the molecule is COc1ncccc1CNS(=O)(=O)c1ccc(C(=O)O)c(C)c1. The van der Waals surface area contributed by atoms with Crippen LogP contribution in [-0.4, -0.2) is 31.6 Å². The smallest absolute Gasteiger partial charge is 0.335 e. The van der Waals surface area contributed by atoms with Crippen LogP contribution in [0.15, 0.2) is 41.4 Å². The lowest BCUT2D eigenvalue weighted by Gasteiger charge is -2.10. The number of nitrogens with one attached hydrogen (secondary N) is 1. The minimum atomic E-state index is -3.77. The van der Waals surface area contributed by atoms with Crippen LogP contribution in [0.2, 0.25) is 0 Å². The average molecular weight is 336 g/mol. The van der Waals surface area contributed by atoms with E-state index < -0.39 is 16.0 Å². The number of rotatable bonds is 6. The highest BCUT2D eigenvalue weighted by Crippen LogP contribution is 2.18. The number of ether oxygens (including phenoxy) is 1. The number of carboxylic acid groups (broad SMARTS) is 1. The number of hydrogen-bond donors (Lipinski definition) is 2. The highest BCUT2D eigenvalue weighted by atomic mass is 32.2. The monoisotopic (exact) mass is 336 g/mol. The van der Waals surface area contributed by atoms with Crippen LogP contribution in [-0.2, 0) is 16.6 Å². The van der Waals surface area contributed by atoms with E-state index in [4.69, 9.17) is 9.84 Å². The van der Waals surface area contributed by atoms with Crippen LogP contribution in [0.3, 0.4) is 0 Å². The van der Waals surface area contributed by atoms with Gasteiger partial charge in [-0.25, -0.2) is 22.9 Å². The minimum Gasteiger partial charge on any atom is -0.481 e. The molecule has 23 heavy (non-hydrogen) atoms. The van der Waals surface area contributed by atoms with Crippen molar-refractivity contribution in [3.8, 4) is 5.88 Å². The molecule has 0 bridgehead atoms. The molecule has 0 fully saturated rings. The Bertz CT molecular complexity index is 834. The summed E-state index contributed by atoms with van der Waals surface area (Å²) in [6, 6.07) is 7.24. The normalized spacial score (nSPS) is 11.2. The topological polar surface area (TPSA) is 106 Å². The van der Waals surface area contributed by atoms with Crippen molar-refractivity contribution < 1.29 is 23.1 Å². The Kier molecular flexibility index (Phi) is 4.97. The van der Waals surface area contributed by atoms with E-state index in [0.717, 1.165) is 0 Å². The Labute approximate surface area is 134 Å². The van der Waals surface area contributed by atoms with Gasteiger partial charge in [-0.2, -0.15) is 0 Å². The van der Waals surface area contributed by atoms with Crippen LogP contribution < -0.4 is 9.46 Å². The molecule has 122 valence electrons.